The van der Waals surface area contributed by atoms with Crippen molar-refractivity contribution in [2.75, 3.05) is 6.61 Å². The van der Waals surface area contributed by atoms with Gasteiger partial charge in [-0.25, -0.2) is 0 Å². The molecule has 2 fully saturated rings. The minimum absolute atomic E-state index is 0.0127. The first-order chi connectivity index (χ1) is 30.3. The van der Waals surface area contributed by atoms with E-state index in [9.17, 15) is 30.8 Å². The number of nitrogens with zero attached hydrogens (tertiary/aromatic N) is 2. The Morgan fingerprint density at radius 1 is 0.635 bits per heavy atom. The van der Waals surface area contributed by atoms with E-state index in [-0.39, 0.29) is 24.2 Å². The number of aryl methyl sites for hydroxylation is 2. The van der Waals surface area contributed by atoms with E-state index in [4.69, 9.17) is 19.5 Å². The highest BCUT2D eigenvalue weighted by Crippen LogP contribution is 2.41. The lowest BCUT2D eigenvalue weighted by Crippen LogP contribution is -2.59. The number of hydrogen-bond acceptors (Lipinski definition) is 10. The van der Waals surface area contributed by atoms with Crippen LogP contribution in [-0.2, 0) is 20.8 Å². The van der Waals surface area contributed by atoms with Crippen LogP contribution in [0.2, 0.25) is 0 Å². The number of benzene rings is 5. The molecule has 330 valence electrons. The van der Waals surface area contributed by atoms with Crippen molar-refractivity contribution in [1.29, 1.82) is 10.5 Å². The summed E-state index contributed by atoms with van der Waals surface area (Å²) in [7, 11) is 0. The number of ether oxygens (including phenoxy) is 3. The zero-order chi connectivity index (χ0) is 45.4. The van der Waals surface area contributed by atoms with Gasteiger partial charge in [-0.05, 0) is 106 Å². The van der Waals surface area contributed by atoms with E-state index in [1.807, 2.05) is 36.4 Å². The van der Waals surface area contributed by atoms with Crippen LogP contribution in [0.4, 0.5) is 0 Å². The van der Waals surface area contributed by atoms with Gasteiger partial charge in [0, 0.05) is 5.92 Å². The number of rotatable bonds is 11. The largest absolute Gasteiger partial charge is 0.394 e. The summed E-state index contributed by atoms with van der Waals surface area (Å²) in [5.41, 5.74) is 10.1. The van der Waals surface area contributed by atoms with Crippen molar-refractivity contribution < 1.29 is 39.7 Å². The Bertz CT molecular complexity index is 2370. The van der Waals surface area contributed by atoms with Crippen LogP contribution >= 0.6 is 0 Å². The highest BCUT2D eigenvalue weighted by Gasteiger charge is 2.47. The molecule has 0 bridgehead atoms. The lowest BCUT2D eigenvalue weighted by Gasteiger charge is -2.47. The lowest BCUT2D eigenvalue weighted by molar-refractivity contribution is -0.250. The van der Waals surface area contributed by atoms with E-state index < -0.39 is 43.2 Å². The van der Waals surface area contributed by atoms with Crippen LogP contribution in [0, 0.1) is 48.3 Å². The van der Waals surface area contributed by atoms with Crippen molar-refractivity contribution in [2.45, 2.75) is 115 Å². The first kappa shape index (κ1) is 47.2. The highest BCUT2D eigenvalue weighted by molar-refractivity contribution is 5.67. The number of aliphatic hydroxyl groups is 5. The van der Waals surface area contributed by atoms with Crippen molar-refractivity contribution in [2.24, 2.45) is 11.8 Å². The average molecular weight is 853 g/mol. The van der Waals surface area contributed by atoms with E-state index in [0.29, 0.717) is 35.1 Å². The minimum atomic E-state index is -1.54. The zero-order valence-corrected chi connectivity index (χ0v) is 36.9. The second-order valence-electron chi connectivity index (χ2n) is 17.1. The molecule has 2 aliphatic rings. The molecule has 0 saturated carbocycles. The summed E-state index contributed by atoms with van der Waals surface area (Å²) in [6.07, 6.45) is -6.83. The van der Waals surface area contributed by atoms with Crippen molar-refractivity contribution in [3.8, 4) is 34.4 Å². The summed E-state index contributed by atoms with van der Waals surface area (Å²) < 4.78 is 18.8. The summed E-state index contributed by atoms with van der Waals surface area (Å²) in [4.78, 5) is 0. The lowest BCUT2D eigenvalue weighted by atomic mass is 9.75. The second-order valence-corrected chi connectivity index (χ2v) is 17.1. The van der Waals surface area contributed by atoms with E-state index in [1.54, 1.807) is 37.3 Å². The maximum atomic E-state index is 10.8. The summed E-state index contributed by atoms with van der Waals surface area (Å²) in [6, 6.07) is 41.6. The van der Waals surface area contributed by atoms with Crippen molar-refractivity contribution in [1.82, 2.24) is 0 Å². The average Bonchev–Trinajstić information content (AvgIpc) is 3.31. The molecule has 0 aliphatic carbocycles. The van der Waals surface area contributed by atoms with Gasteiger partial charge in [0.25, 0.3) is 0 Å². The Hall–Kier alpha value is -5.24. The maximum Gasteiger partial charge on any atom is 0.117 e. The number of nitriles is 2. The van der Waals surface area contributed by atoms with Crippen LogP contribution in [0.15, 0.2) is 115 Å². The van der Waals surface area contributed by atoms with Crippen LogP contribution in [-0.4, -0.2) is 81.0 Å². The van der Waals surface area contributed by atoms with E-state index in [2.05, 4.69) is 95.3 Å². The quantitative estimate of drug-likeness (QED) is 0.0874. The van der Waals surface area contributed by atoms with Gasteiger partial charge in [-0.15, -0.1) is 0 Å². The van der Waals surface area contributed by atoms with E-state index in [1.165, 1.54) is 16.7 Å². The minimum Gasteiger partial charge on any atom is -0.394 e. The highest BCUT2D eigenvalue weighted by atomic mass is 16.6. The van der Waals surface area contributed by atoms with Gasteiger partial charge in [-0.1, -0.05) is 119 Å². The van der Waals surface area contributed by atoms with Crippen molar-refractivity contribution >= 4 is 0 Å². The molecule has 0 amide bonds. The SMILES string of the molecule is CCC1O[C@H]([C@H](C)c2ccc(-c3cccc(C#N)c3)cc2C)C(OCc2ccccc2)[C@@H](C)[C@@H]1C.Cc1cc(-c2cccc(C#N)c2)ccc1[C@@H](O)[C@H]1OC(CO)[C@@H](O)[C@H](O)C1O. The monoisotopic (exact) mass is 852 g/mol. The Labute approximate surface area is 371 Å². The number of aliphatic hydroxyl groups excluding tert-OH is 5. The molecule has 5 aromatic rings. The fraction of sp³-hybridized carbons (Fsp3) is 0.396. The predicted molar refractivity (Wildman–Crippen MR) is 242 cm³/mol. The molecule has 12 atom stereocenters. The predicted octanol–water partition coefficient (Wildman–Crippen LogP) is 8.08. The van der Waals surface area contributed by atoms with Crippen LogP contribution in [0.3, 0.4) is 0 Å². The van der Waals surface area contributed by atoms with Crippen LogP contribution < -0.4 is 0 Å². The normalized spacial score (nSPS) is 26.6. The van der Waals surface area contributed by atoms with Gasteiger partial charge >= 0.3 is 0 Å². The molecule has 10 heteroatoms. The third-order valence-electron chi connectivity index (χ3n) is 13.0. The van der Waals surface area contributed by atoms with Crippen LogP contribution in [0.25, 0.3) is 22.3 Å². The smallest absolute Gasteiger partial charge is 0.117 e. The van der Waals surface area contributed by atoms with Gasteiger partial charge in [0.2, 0.25) is 0 Å². The molecule has 4 unspecified atom stereocenters. The van der Waals surface area contributed by atoms with Crippen molar-refractivity contribution in [3.05, 3.63) is 154 Å². The Kier molecular flexibility index (Phi) is 16.1. The molecule has 63 heavy (non-hydrogen) atoms. The molecule has 10 nitrogen and oxygen atoms in total. The fourth-order valence-corrected chi connectivity index (χ4v) is 9.06. The third kappa shape index (κ3) is 10.8. The molecule has 2 heterocycles. The Morgan fingerprint density at radius 2 is 1.17 bits per heavy atom. The molecular weight excluding hydrogens is 793 g/mol. The molecule has 2 aliphatic heterocycles. The van der Waals surface area contributed by atoms with Gasteiger partial charge in [0.1, 0.15) is 36.6 Å². The first-order valence-electron chi connectivity index (χ1n) is 21.8. The van der Waals surface area contributed by atoms with Gasteiger partial charge < -0.3 is 39.7 Å². The van der Waals surface area contributed by atoms with Crippen molar-refractivity contribution in [3.63, 3.8) is 0 Å². The standard InChI is InChI=1S/C32H37NO2.C21H23NO6/c1-6-30-22(3)23(4)31(34-20-25-11-8-7-9-12-25)32(35-30)24(5)29-16-15-28(17-21(29)2)27-14-10-13-26(18-27)19-33;1-11-7-14(13-4-2-3-12(8-13)9-22)5-6-15(11)17(24)21-20(27)19(26)18(25)16(10-23)28-21/h7-18,22-24,30-32H,6,20H2,1-5H3;2-8,16-21,23-27H,10H2,1H3/t22-,23-,24+,30?,31?,32+;16?,17-,18-,19+,20?,21-/m01/s1. The van der Waals surface area contributed by atoms with Crippen LogP contribution in [0.5, 0.6) is 0 Å². The van der Waals surface area contributed by atoms with Gasteiger partial charge in [-0.3, -0.25) is 0 Å². The molecule has 5 aromatic carbocycles. The molecule has 7 rings (SSSR count). The van der Waals surface area contributed by atoms with Crippen LogP contribution in [0.1, 0.15) is 85.1 Å². The molecule has 0 aromatic heterocycles. The van der Waals surface area contributed by atoms with Gasteiger partial charge in [-0.2, -0.15) is 10.5 Å². The van der Waals surface area contributed by atoms with Gasteiger partial charge in [0.15, 0.2) is 0 Å². The second kappa shape index (κ2) is 21.4. The van der Waals surface area contributed by atoms with Gasteiger partial charge in [0.05, 0.1) is 54.8 Å². The molecule has 5 N–H and O–H groups in total. The molecular formula is C53H60N2O8. The first-order valence-corrected chi connectivity index (χ1v) is 21.8. The zero-order valence-electron chi connectivity index (χ0n) is 36.9. The fourth-order valence-electron chi connectivity index (χ4n) is 9.06. The summed E-state index contributed by atoms with van der Waals surface area (Å²) in [6.45, 7) is 13.1. The molecule has 0 spiro atoms. The van der Waals surface area contributed by atoms with E-state index >= 15 is 0 Å². The molecule has 2 saturated heterocycles. The van der Waals surface area contributed by atoms with E-state index in [0.717, 1.165) is 34.2 Å². The Morgan fingerprint density at radius 3 is 1.70 bits per heavy atom. The summed E-state index contributed by atoms with van der Waals surface area (Å²) in [5.74, 6) is 1.04. The topological polar surface area (TPSA) is 176 Å². The third-order valence-corrected chi connectivity index (χ3v) is 13.0. The Balaban J connectivity index is 0.000000215. The number of hydrogen-bond donors (Lipinski definition) is 5. The summed E-state index contributed by atoms with van der Waals surface area (Å²) >= 11 is 0. The molecule has 0 radical (unpaired) electrons. The maximum absolute atomic E-state index is 10.8. The summed E-state index contributed by atoms with van der Waals surface area (Å²) in [5, 5.41) is 68.5.